The molecular formula is C11H22N2. The molecule has 0 radical (unpaired) electrons. The first-order chi connectivity index (χ1) is 6.36. The van der Waals surface area contributed by atoms with Gasteiger partial charge in [-0.05, 0) is 38.1 Å². The van der Waals surface area contributed by atoms with Crippen molar-refractivity contribution in [3.8, 4) is 0 Å². The Morgan fingerprint density at radius 1 is 1.00 bits per heavy atom. The third-order valence-electron chi connectivity index (χ3n) is 3.71. The molecule has 0 aromatic carbocycles. The van der Waals surface area contributed by atoms with E-state index < -0.39 is 0 Å². The quantitative estimate of drug-likeness (QED) is 0.696. The van der Waals surface area contributed by atoms with Crippen molar-refractivity contribution in [2.24, 2.45) is 11.7 Å². The normalized spacial score (nSPS) is 35.8. The van der Waals surface area contributed by atoms with Crippen LogP contribution < -0.4 is 11.1 Å². The summed E-state index contributed by atoms with van der Waals surface area (Å²) >= 11 is 0. The van der Waals surface area contributed by atoms with Crippen LogP contribution in [-0.4, -0.2) is 18.6 Å². The molecule has 0 aromatic heterocycles. The van der Waals surface area contributed by atoms with E-state index in [0.29, 0.717) is 12.1 Å². The number of hydrogen-bond acceptors (Lipinski definition) is 2. The molecule has 0 heterocycles. The van der Waals surface area contributed by atoms with Crippen LogP contribution in [0.3, 0.4) is 0 Å². The van der Waals surface area contributed by atoms with E-state index >= 15 is 0 Å². The highest BCUT2D eigenvalue weighted by molar-refractivity contribution is 4.85. The minimum absolute atomic E-state index is 0.425. The third kappa shape index (κ3) is 2.44. The van der Waals surface area contributed by atoms with Gasteiger partial charge in [0.2, 0.25) is 0 Å². The summed E-state index contributed by atoms with van der Waals surface area (Å²) in [6.07, 6.45) is 9.56. The van der Waals surface area contributed by atoms with Crippen molar-refractivity contribution >= 4 is 0 Å². The summed E-state index contributed by atoms with van der Waals surface area (Å²) in [6.45, 7) is 1.22. The van der Waals surface area contributed by atoms with Gasteiger partial charge in [-0.2, -0.15) is 0 Å². The zero-order valence-electron chi connectivity index (χ0n) is 8.47. The predicted octanol–water partition coefficient (Wildman–Crippen LogP) is 1.65. The van der Waals surface area contributed by atoms with Crippen LogP contribution in [0.4, 0.5) is 0 Å². The molecule has 2 heteroatoms. The van der Waals surface area contributed by atoms with Gasteiger partial charge in [0.15, 0.2) is 0 Å². The Hall–Kier alpha value is -0.0800. The molecule has 2 saturated carbocycles. The van der Waals surface area contributed by atoms with Crippen molar-refractivity contribution in [2.75, 3.05) is 6.54 Å². The molecule has 2 rings (SSSR count). The Labute approximate surface area is 81.3 Å². The van der Waals surface area contributed by atoms with E-state index in [-0.39, 0.29) is 0 Å². The lowest BCUT2D eigenvalue weighted by atomic mass is 9.84. The maximum atomic E-state index is 6.06. The third-order valence-corrected chi connectivity index (χ3v) is 3.71. The summed E-state index contributed by atoms with van der Waals surface area (Å²) in [5, 5.41) is 3.65. The average Bonchev–Trinajstić information content (AvgIpc) is 2.05. The summed E-state index contributed by atoms with van der Waals surface area (Å²) < 4.78 is 0. The molecule has 0 spiro atoms. The van der Waals surface area contributed by atoms with Crippen LogP contribution in [0.2, 0.25) is 0 Å². The van der Waals surface area contributed by atoms with Crippen molar-refractivity contribution in [3.05, 3.63) is 0 Å². The van der Waals surface area contributed by atoms with Crippen molar-refractivity contribution < 1.29 is 0 Å². The molecule has 2 fully saturated rings. The van der Waals surface area contributed by atoms with Gasteiger partial charge >= 0.3 is 0 Å². The number of nitrogens with one attached hydrogen (secondary N) is 1. The van der Waals surface area contributed by atoms with Crippen LogP contribution in [0.1, 0.15) is 44.9 Å². The predicted molar refractivity (Wildman–Crippen MR) is 55.6 cm³/mol. The first kappa shape index (κ1) is 9.47. The van der Waals surface area contributed by atoms with Crippen molar-refractivity contribution in [1.82, 2.24) is 5.32 Å². The van der Waals surface area contributed by atoms with Crippen LogP contribution in [-0.2, 0) is 0 Å². The topological polar surface area (TPSA) is 38.0 Å². The largest absolute Gasteiger partial charge is 0.326 e. The van der Waals surface area contributed by atoms with E-state index in [1.54, 1.807) is 0 Å². The maximum Gasteiger partial charge on any atom is 0.0219 e. The molecule has 0 amide bonds. The molecule has 0 aliphatic heterocycles. The Kier molecular flexibility index (Phi) is 3.23. The van der Waals surface area contributed by atoms with Crippen molar-refractivity contribution in [1.29, 1.82) is 0 Å². The van der Waals surface area contributed by atoms with Gasteiger partial charge in [-0.1, -0.05) is 19.3 Å². The van der Waals surface area contributed by atoms with Gasteiger partial charge in [-0.3, -0.25) is 0 Å². The van der Waals surface area contributed by atoms with E-state index in [1.807, 2.05) is 0 Å². The highest BCUT2D eigenvalue weighted by atomic mass is 15.0. The zero-order valence-corrected chi connectivity index (χ0v) is 8.47. The summed E-state index contributed by atoms with van der Waals surface area (Å²) in [4.78, 5) is 0. The highest BCUT2D eigenvalue weighted by Gasteiger charge is 2.23. The van der Waals surface area contributed by atoms with Gasteiger partial charge in [0, 0.05) is 12.1 Å². The average molecular weight is 182 g/mol. The fraction of sp³-hybridized carbons (Fsp3) is 1.00. The molecule has 2 atom stereocenters. The smallest absolute Gasteiger partial charge is 0.0219 e. The minimum atomic E-state index is 0.425. The summed E-state index contributed by atoms with van der Waals surface area (Å²) in [5.41, 5.74) is 6.06. The van der Waals surface area contributed by atoms with Crippen molar-refractivity contribution in [3.63, 3.8) is 0 Å². The zero-order chi connectivity index (χ0) is 9.10. The van der Waals surface area contributed by atoms with Gasteiger partial charge in [-0.25, -0.2) is 0 Å². The van der Waals surface area contributed by atoms with Crippen LogP contribution >= 0.6 is 0 Å². The van der Waals surface area contributed by atoms with Crippen molar-refractivity contribution in [2.45, 2.75) is 57.0 Å². The fourth-order valence-electron chi connectivity index (χ4n) is 2.43. The summed E-state index contributed by atoms with van der Waals surface area (Å²) in [6, 6.07) is 1.04. The second-order valence-corrected chi connectivity index (χ2v) is 4.76. The van der Waals surface area contributed by atoms with E-state index in [9.17, 15) is 0 Å². The van der Waals surface area contributed by atoms with Gasteiger partial charge in [-0.15, -0.1) is 0 Å². The lowest BCUT2D eigenvalue weighted by Crippen LogP contribution is -2.48. The van der Waals surface area contributed by atoms with Crippen LogP contribution in [0.15, 0.2) is 0 Å². The first-order valence-electron chi connectivity index (χ1n) is 5.85. The lowest BCUT2D eigenvalue weighted by molar-refractivity contribution is 0.257. The second-order valence-electron chi connectivity index (χ2n) is 4.76. The van der Waals surface area contributed by atoms with E-state index in [1.165, 1.54) is 51.5 Å². The Bertz CT molecular complexity index is 154. The number of hydrogen-bond donors (Lipinski definition) is 2. The molecule has 2 unspecified atom stereocenters. The Morgan fingerprint density at radius 2 is 1.77 bits per heavy atom. The fourth-order valence-corrected chi connectivity index (χ4v) is 2.43. The molecule has 0 bridgehead atoms. The molecule has 13 heavy (non-hydrogen) atoms. The highest BCUT2D eigenvalue weighted by Crippen LogP contribution is 2.26. The van der Waals surface area contributed by atoms with Crippen LogP contribution in [0, 0.1) is 5.92 Å². The van der Waals surface area contributed by atoms with Crippen LogP contribution in [0.25, 0.3) is 0 Å². The second kappa shape index (κ2) is 4.43. The molecule has 3 N–H and O–H groups in total. The summed E-state index contributed by atoms with van der Waals surface area (Å²) in [5.74, 6) is 0.967. The van der Waals surface area contributed by atoms with Gasteiger partial charge in [0.25, 0.3) is 0 Å². The lowest BCUT2D eigenvalue weighted by Gasteiger charge is -2.33. The van der Waals surface area contributed by atoms with Gasteiger partial charge < -0.3 is 11.1 Å². The first-order valence-corrected chi connectivity index (χ1v) is 5.85. The molecule has 2 aliphatic rings. The Balaban J connectivity index is 1.66. The molecule has 2 aliphatic carbocycles. The Morgan fingerprint density at radius 3 is 2.38 bits per heavy atom. The molecular weight excluding hydrogens is 160 g/mol. The SMILES string of the molecule is NC1CCCCC1NCC1CCC1. The van der Waals surface area contributed by atoms with E-state index in [4.69, 9.17) is 5.73 Å². The maximum absolute atomic E-state index is 6.06. The summed E-state index contributed by atoms with van der Waals surface area (Å²) in [7, 11) is 0. The number of rotatable bonds is 3. The van der Waals surface area contributed by atoms with Gasteiger partial charge in [0.1, 0.15) is 0 Å². The molecule has 76 valence electrons. The number of nitrogens with two attached hydrogens (primary N) is 1. The van der Waals surface area contributed by atoms with E-state index in [0.717, 1.165) is 5.92 Å². The molecule has 0 aromatic rings. The monoisotopic (exact) mass is 182 g/mol. The molecule has 0 saturated heterocycles. The standard InChI is InChI=1S/C11H22N2/c12-10-6-1-2-7-11(10)13-8-9-4-3-5-9/h9-11,13H,1-8,12H2. The van der Waals surface area contributed by atoms with Gasteiger partial charge in [0.05, 0.1) is 0 Å². The van der Waals surface area contributed by atoms with Crippen LogP contribution in [0.5, 0.6) is 0 Å². The van der Waals surface area contributed by atoms with E-state index in [2.05, 4.69) is 5.32 Å². The minimum Gasteiger partial charge on any atom is -0.326 e. The molecule has 2 nitrogen and oxygen atoms in total.